The van der Waals surface area contributed by atoms with Gasteiger partial charge in [-0.3, -0.25) is 9.59 Å². The van der Waals surface area contributed by atoms with Crippen molar-refractivity contribution in [2.45, 2.75) is 52.6 Å². The van der Waals surface area contributed by atoms with E-state index < -0.39 is 23.0 Å². The molecule has 57 heavy (non-hydrogen) atoms. The molecule has 2 N–H and O–H groups in total. The zero-order valence-electron chi connectivity index (χ0n) is 33.7. The van der Waals surface area contributed by atoms with Gasteiger partial charge in [0.25, 0.3) is 0 Å². The van der Waals surface area contributed by atoms with Crippen molar-refractivity contribution in [3.8, 4) is 22.5 Å². The topological polar surface area (TPSA) is 151 Å². The number of hydrogen-bond acceptors (Lipinski definition) is 10. The molecule has 0 saturated heterocycles. The van der Waals surface area contributed by atoms with E-state index in [2.05, 4.69) is 0 Å². The Hall–Kier alpha value is -4.91. The van der Waals surface area contributed by atoms with Gasteiger partial charge in [-0.15, -0.1) is 11.8 Å². The number of allylic oxidation sites excluding steroid dienone is 3. The van der Waals surface area contributed by atoms with Crippen molar-refractivity contribution in [2.24, 2.45) is 5.41 Å². The third kappa shape index (κ3) is 9.29. The Morgan fingerprint density at radius 1 is 1.00 bits per heavy atom. The molecule has 0 spiro atoms. The van der Waals surface area contributed by atoms with Crippen molar-refractivity contribution in [2.75, 3.05) is 50.3 Å². The number of aliphatic hydroxyl groups is 1. The number of benzene rings is 3. The summed E-state index contributed by atoms with van der Waals surface area (Å²) in [6.45, 7) is 7.05. The first-order valence-corrected chi connectivity index (χ1v) is 20.8. The average Bonchev–Trinajstić information content (AvgIpc) is 3.14. The number of aromatic carboxylic acids is 1. The summed E-state index contributed by atoms with van der Waals surface area (Å²) in [5, 5.41) is 35.1. The van der Waals surface area contributed by atoms with E-state index in [1.807, 2.05) is 87.9 Å². The van der Waals surface area contributed by atoms with E-state index in [0.717, 1.165) is 30.0 Å². The van der Waals surface area contributed by atoms with Crippen LogP contribution in [-0.4, -0.2) is 84.8 Å². The fourth-order valence-electron chi connectivity index (χ4n) is 7.18. The van der Waals surface area contributed by atoms with Crippen LogP contribution in [0.3, 0.4) is 0 Å². The molecule has 1 aliphatic heterocycles. The summed E-state index contributed by atoms with van der Waals surface area (Å²) in [6, 6.07) is 16.2. The van der Waals surface area contributed by atoms with Crippen LogP contribution in [0.4, 0.5) is 5.69 Å². The van der Waals surface area contributed by atoms with Crippen molar-refractivity contribution in [1.29, 1.82) is 0 Å². The third-order valence-corrected chi connectivity index (χ3v) is 12.8. The van der Waals surface area contributed by atoms with Gasteiger partial charge in [0.1, 0.15) is 31.0 Å². The Kier molecular flexibility index (Phi) is 13.4. The SMILES string of the molecule is CC1=C(SCCCCSCC(=O)c2cccc(C(=O)[O-])c2-c2c3ccc(=[N+](C)C)cc-3oc3cc(N(C)C)ccc23)C(=O)CC(C)(C)[C@@]1(O)/C=C/C(C)=C\C(=O)O. The molecule has 0 unspecified atom stereocenters. The molecule has 1 atom stereocenters. The standard InChI is InChI=1S/C45H50N2O8S2/c1-27(22-39(50)51)18-19-45(54)28(2)42(35(48)25-44(45,3)4)57-21-10-9-20-56-26-36(49)31-12-11-13-34(43(52)53)40(31)41-32-16-14-29(46(5)6)23-37(32)55-38-24-30(47(7)8)15-17-33(38)41/h11-19,22-24,54H,9-10,20-21,25-26H2,1-8H3,(H-,50,51,52,53)/b19-18+,27-22-/t45-/m1/s1. The van der Waals surface area contributed by atoms with Gasteiger partial charge in [0.2, 0.25) is 5.36 Å². The Balaban J connectivity index is 1.34. The number of thioether (sulfide) groups is 2. The van der Waals surface area contributed by atoms with Crippen molar-refractivity contribution >= 4 is 63.7 Å². The number of carbonyl (C=O) groups excluding carboxylic acids is 3. The largest absolute Gasteiger partial charge is 0.545 e. The van der Waals surface area contributed by atoms with Crippen LogP contribution in [-0.2, 0) is 9.59 Å². The number of rotatable bonds is 15. The number of aliphatic carboxylic acids is 1. The van der Waals surface area contributed by atoms with Gasteiger partial charge in [0.05, 0.1) is 22.7 Å². The number of nitrogens with zero attached hydrogens (tertiary/aromatic N) is 2. The van der Waals surface area contributed by atoms with Gasteiger partial charge in [-0.1, -0.05) is 38.1 Å². The number of anilines is 1. The lowest BCUT2D eigenvalue weighted by atomic mass is 9.64. The van der Waals surface area contributed by atoms with Crippen LogP contribution in [0.25, 0.3) is 33.4 Å². The van der Waals surface area contributed by atoms with Crippen LogP contribution in [0.15, 0.2) is 93.3 Å². The summed E-state index contributed by atoms with van der Waals surface area (Å²) >= 11 is 2.88. The highest BCUT2D eigenvalue weighted by Crippen LogP contribution is 2.49. The summed E-state index contributed by atoms with van der Waals surface area (Å²) < 4.78 is 8.39. The highest BCUT2D eigenvalue weighted by Gasteiger charge is 2.49. The van der Waals surface area contributed by atoms with E-state index >= 15 is 0 Å². The second kappa shape index (κ2) is 17.7. The molecule has 12 heteroatoms. The average molecular weight is 811 g/mol. The molecule has 0 radical (unpaired) electrons. The van der Waals surface area contributed by atoms with Gasteiger partial charge in [-0.2, -0.15) is 11.8 Å². The maximum atomic E-state index is 14.0. The van der Waals surface area contributed by atoms with Crippen LogP contribution < -0.4 is 19.9 Å². The van der Waals surface area contributed by atoms with Gasteiger partial charge in [0, 0.05) is 83.0 Å². The Bertz CT molecular complexity index is 2380. The molecule has 1 heterocycles. The summed E-state index contributed by atoms with van der Waals surface area (Å²) in [7, 11) is 7.71. The maximum Gasteiger partial charge on any atom is 0.328 e. The van der Waals surface area contributed by atoms with E-state index in [1.165, 1.54) is 29.6 Å². The highest BCUT2D eigenvalue weighted by molar-refractivity contribution is 8.04. The van der Waals surface area contributed by atoms with Gasteiger partial charge in [-0.25, -0.2) is 9.37 Å². The van der Waals surface area contributed by atoms with Crippen LogP contribution in [0.1, 0.15) is 67.7 Å². The molecule has 2 aromatic rings. The van der Waals surface area contributed by atoms with E-state index in [0.29, 0.717) is 66.5 Å². The second-order valence-electron chi connectivity index (χ2n) is 15.4. The Morgan fingerprint density at radius 2 is 1.70 bits per heavy atom. The number of carboxylic acids is 2. The molecule has 3 aliphatic rings. The lowest BCUT2D eigenvalue weighted by molar-refractivity contribution is -0.255. The lowest BCUT2D eigenvalue weighted by Gasteiger charge is -2.45. The van der Waals surface area contributed by atoms with E-state index in [4.69, 9.17) is 9.52 Å². The van der Waals surface area contributed by atoms with Crippen molar-refractivity contribution in [3.05, 3.63) is 105 Å². The minimum atomic E-state index is -1.43. The fourth-order valence-corrected chi connectivity index (χ4v) is 9.23. The number of ketones is 2. The predicted octanol–water partition coefficient (Wildman–Crippen LogP) is 6.69. The zero-order valence-corrected chi connectivity index (χ0v) is 35.4. The maximum absolute atomic E-state index is 14.0. The summed E-state index contributed by atoms with van der Waals surface area (Å²) in [5.74, 6) is -0.720. The van der Waals surface area contributed by atoms with Crippen LogP contribution in [0.5, 0.6) is 0 Å². The van der Waals surface area contributed by atoms with Crippen molar-refractivity contribution in [1.82, 2.24) is 4.58 Å². The summed E-state index contributed by atoms with van der Waals surface area (Å²) in [5.41, 5.74) is 2.02. The molecular weight excluding hydrogens is 761 g/mol. The number of fused-ring (bicyclic) bond motifs is 2. The molecule has 2 aliphatic carbocycles. The van der Waals surface area contributed by atoms with Crippen LogP contribution >= 0.6 is 23.5 Å². The predicted molar refractivity (Wildman–Crippen MR) is 229 cm³/mol. The van der Waals surface area contributed by atoms with E-state index in [1.54, 1.807) is 38.1 Å². The molecule has 0 saturated carbocycles. The minimum Gasteiger partial charge on any atom is -0.545 e. The first kappa shape index (κ1) is 43.2. The lowest BCUT2D eigenvalue weighted by Crippen LogP contribution is -2.49. The Morgan fingerprint density at radius 3 is 2.37 bits per heavy atom. The van der Waals surface area contributed by atoms with E-state index in [-0.39, 0.29) is 29.3 Å². The summed E-state index contributed by atoms with van der Waals surface area (Å²) in [6.07, 6.45) is 5.90. The molecular formula is C45H50N2O8S2. The smallest absolute Gasteiger partial charge is 0.328 e. The number of carbonyl (C=O) groups is 4. The molecule has 0 aromatic heterocycles. The molecule has 0 fully saturated rings. The fraction of sp³-hybridized carbons (Fsp3) is 0.356. The van der Waals surface area contributed by atoms with Gasteiger partial charge in [-0.05, 0) is 73.6 Å². The monoisotopic (exact) mass is 810 g/mol. The zero-order chi connectivity index (χ0) is 41.8. The second-order valence-corrected chi connectivity index (χ2v) is 17.6. The molecule has 0 bridgehead atoms. The molecule has 0 amide bonds. The number of unbranched alkanes of at least 4 members (excludes halogenated alkanes) is 1. The van der Waals surface area contributed by atoms with Crippen molar-refractivity contribution < 1.29 is 38.9 Å². The summed E-state index contributed by atoms with van der Waals surface area (Å²) in [4.78, 5) is 53.5. The van der Waals surface area contributed by atoms with Gasteiger partial charge >= 0.3 is 5.97 Å². The van der Waals surface area contributed by atoms with Crippen molar-refractivity contribution in [3.63, 3.8) is 0 Å². The first-order chi connectivity index (χ1) is 26.9. The third-order valence-electron chi connectivity index (χ3n) is 10.5. The van der Waals surface area contributed by atoms with Gasteiger partial charge in [0.15, 0.2) is 11.6 Å². The van der Waals surface area contributed by atoms with E-state index in [9.17, 15) is 29.4 Å². The molecule has 2 aromatic carbocycles. The quantitative estimate of drug-likeness (QED) is 0.0330. The minimum absolute atomic E-state index is 0.0307. The number of Topliss-reactive ketones (excluding diaryl/α,β-unsaturated/α-hetero) is 2. The Labute approximate surface area is 342 Å². The van der Waals surface area contributed by atoms with Gasteiger partial charge < -0.3 is 29.4 Å². The normalized spacial score (nSPS) is 17.1. The first-order valence-electron chi connectivity index (χ1n) is 18.7. The molecule has 300 valence electrons. The highest BCUT2D eigenvalue weighted by atomic mass is 32.2. The number of carboxylic acid groups (broad SMARTS) is 2. The van der Waals surface area contributed by atoms with Crippen LogP contribution in [0.2, 0.25) is 0 Å². The molecule has 10 nitrogen and oxygen atoms in total. The van der Waals surface area contributed by atoms with Crippen LogP contribution in [0, 0.1) is 5.41 Å². The molecule has 5 rings (SSSR count). The number of hydrogen-bond donors (Lipinski definition) is 2.